The van der Waals surface area contributed by atoms with Crippen molar-refractivity contribution in [2.75, 3.05) is 18.6 Å². The SMILES string of the molecule is CN(C(=O)C(COC(C)(C)C)NC(=O)OC(C)(C)C)c1cc(Br)ccc1F. The van der Waals surface area contributed by atoms with Crippen molar-refractivity contribution in [1.82, 2.24) is 5.32 Å². The number of nitrogens with zero attached hydrogens (tertiary/aromatic N) is 1. The first kappa shape index (κ1) is 23.4. The number of hydrogen-bond acceptors (Lipinski definition) is 4. The Hall–Kier alpha value is -1.67. The Morgan fingerprint density at radius 3 is 2.30 bits per heavy atom. The summed E-state index contributed by atoms with van der Waals surface area (Å²) in [6.45, 7) is 10.6. The number of alkyl carbamates (subject to hydrolysis) is 1. The number of halogens is 2. The van der Waals surface area contributed by atoms with E-state index in [9.17, 15) is 14.0 Å². The second-order valence-corrected chi connectivity index (χ2v) is 9.03. The molecule has 0 fully saturated rings. The van der Waals surface area contributed by atoms with E-state index in [4.69, 9.17) is 9.47 Å². The quantitative estimate of drug-likeness (QED) is 0.733. The smallest absolute Gasteiger partial charge is 0.408 e. The second kappa shape index (κ2) is 9.01. The van der Waals surface area contributed by atoms with Gasteiger partial charge in [0.15, 0.2) is 0 Å². The van der Waals surface area contributed by atoms with Gasteiger partial charge in [0.25, 0.3) is 5.91 Å². The van der Waals surface area contributed by atoms with Crippen LogP contribution in [-0.2, 0) is 14.3 Å². The van der Waals surface area contributed by atoms with Gasteiger partial charge in [0.05, 0.1) is 17.9 Å². The van der Waals surface area contributed by atoms with E-state index in [1.807, 2.05) is 20.8 Å². The zero-order valence-corrected chi connectivity index (χ0v) is 18.4. The molecule has 0 aliphatic heterocycles. The summed E-state index contributed by atoms with van der Waals surface area (Å²) in [5, 5.41) is 2.52. The molecule has 152 valence electrons. The molecule has 0 bridgehead atoms. The molecule has 6 nitrogen and oxygen atoms in total. The van der Waals surface area contributed by atoms with Crippen LogP contribution in [-0.4, -0.2) is 42.9 Å². The van der Waals surface area contributed by atoms with Crippen LogP contribution in [0, 0.1) is 5.82 Å². The monoisotopic (exact) mass is 446 g/mol. The number of benzene rings is 1. The fraction of sp³-hybridized carbons (Fsp3) is 0.579. The second-order valence-electron chi connectivity index (χ2n) is 8.12. The molecule has 27 heavy (non-hydrogen) atoms. The molecular weight excluding hydrogens is 419 g/mol. The number of likely N-dealkylation sites (N-methyl/N-ethyl adjacent to an activating group) is 1. The number of carbonyl (C=O) groups is 2. The summed E-state index contributed by atoms with van der Waals surface area (Å²) in [5.74, 6) is -1.08. The minimum atomic E-state index is -1.04. The van der Waals surface area contributed by atoms with Crippen LogP contribution in [0.2, 0.25) is 0 Å². The van der Waals surface area contributed by atoms with Crippen molar-refractivity contribution < 1.29 is 23.5 Å². The van der Waals surface area contributed by atoms with Crippen LogP contribution in [0.25, 0.3) is 0 Å². The first-order valence-electron chi connectivity index (χ1n) is 8.56. The summed E-state index contributed by atoms with van der Waals surface area (Å²) in [6, 6.07) is 3.24. The molecule has 0 spiro atoms. The van der Waals surface area contributed by atoms with Crippen LogP contribution < -0.4 is 10.2 Å². The Labute approximate surface area is 168 Å². The lowest BCUT2D eigenvalue weighted by atomic mass is 10.1. The Kier molecular flexibility index (Phi) is 7.80. The molecule has 0 aliphatic rings. The molecule has 0 heterocycles. The van der Waals surface area contributed by atoms with Crippen LogP contribution in [0.1, 0.15) is 41.5 Å². The molecule has 0 saturated heterocycles. The Morgan fingerprint density at radius 2 is 1.78 bits per heavy atom. The minimum Gasteiger partial charge on any atom is -0.444 e. The Morgan fingerprint density at radius 1 is 1.19 bits per heavy atom. The number of hydrogen-bond donors (Lipinski definition) is 1. The van der Waals surface area contributed by atoms with Crippen molar-refractivity contribution in [2.24, 2.45) is 0 Å². The van der Waals surface area contributed by atoms with Gasteiger partial charge < -0.3 is 19.7 Å². The van der Waals surface area contributed by atoms with Crippen LogP contribution >= 0.6 is 15.9 Å². The van der Waals surface area contributed by atoms with Gasteiger partial charge in [0.2, 0.25) is 0 Å². The zero-order chi connectivity index (χ0) is 21.0. The molecule has 1 rings (SSSR count). The lowest BCUT2D eigenvalue weighted by Crippen LogP contribution is -2.52. The van der Waals surface area contributed by atoms with Gasteiger partial charge in [-0.2, -0.15) is 0 Å². The lowest BCUT2D eigenvalue weighted by Gasteiger charge is -2.29. The third-order valence-electron chi connectivity index (χ3n) is 3.27. The van der Waals surface area contributed by atoms with E-state index < -0.39 is 35.1 Å². The van der Waals surface area contributed by atoms with E-state index in [-0.39, 0.29) is 12.3 Å². The standard InChI is InChI=1S/C19H28BrFN2O4/c1-18(2,3)26-11-14(22-17(25)27-19(4,5)6)16(24)23(7)15-10-12(20)8-9-13(15)21/h8-10,14H,11H2,1-7H3,(H,22,25). The van der Waals surface area contributed by atoms with E-state index in [2.05, 4.69) is 21.2 Å². The highest BCUT2D eigenvalue weighted by molar-refractivity contribution is 9.10. The van der Waals surface area contributed by atoms with Gasteiger partial charge in [-0.15, -0.1) is 0 Å². The predicted octanol–water partition coefficient (Wildman–Crippen LogP) is 4.26. The zero-order valence-electron chi connectivity index (χ0n) is 16.9. The largest absolute Gasteiger partial charge is 0.444 e. The maximum Gasteiger partial charge on any atom is 0.408 e. The summed E-state index contributed by atoms with van der Waals surface area (Å²) < 4.78 is 25.7. The van der Waals surface area contributed by atoms with Gasteiger partial charge in [-0.3, -0.25) is 4.79 Å². The molecular formula is C19H28BrFN2O4. The minimum absolute atomic E-state index is 0.0818. The fourth-order valence-corrected chi connectivity index (χ4v) is 2.40. The molecule has 1 N–H and O–H groups in total. The van der Waals surface area contributed by atoms with Gasteiger partial charge in [-0.25, -0.2) is 9.18 Å². The molecule has 1 unspecified atom stereocenters. The number of ether oxygens (including phenoxy) is 2. The first-order valence-corrected chi connectivity index (χ1v) is 9.35. The van der Waals surface area contributed by atoms with E-state index >= 15 is 0 Å². The third kappa shape index (κ3) is 8.26. The van der Waals surface area contributed by atoms with E-state index in [0.29, 0.717) is 4.47 Å². The molecule has 2 amide bonds. The van der Waals surface area contributed by atoms with Crippen molar-refractivity contribution >= 4 is 33.6 Å². The third-order valence-corrected chi connectivity index (χ3v) is 3.77. The van der Waals surface area contributed by atoms with Crippen LogP contribution in [0.4, 0.5) is 14.9 Å². The topological polar surface area (TPSA) is 67.9 Å². The van der Waals surface area contributed by atoms with E-state index in [1.54, 1.807) is 20.8 Å². The summed E-state index contributed by atoms with van der Waals surface area (Å²) in [6.07, 6.45) is -0.749. The van der Waals surface area contributed by atoms with Crippen molar-refractivity contribution in [1.29, 1.82) is 0 Å². The van der Waals surface area contributed by atoms with E-state index in [1.165, 1.54) is 25.2 Å². The molecule has 0 aromatic heterocycles. The lowest BCUT2D eigenvalue weighted by molar-refractivity contribution is -0.123. The molecule has 1 aromatic rings. The van der Waals surface area contributed by atoms with Crippen molar-refractivity contribution in [3.63, 3.8) is 0 Å². The fourth-order valence-electron chi connectivity index (χ4n) is 2.05. The number of nitrogens with one attached hydrogen (secondary N) is 1. The highest BCUT2D eigenvalue weighted by Gasteiger charge is 2.30. The van der Waals surface area contributed by atoms with Crippen molar-refractivity contribution in [3.8, 4) is 0 Å². The molecule has 1 aromatic carbocycles. The predicted molar refractivity (Wildman–Crippen MR) is 106 cm³/mol. The summed E-state index contributed by atoms with van der Waals surface area (Å²) in [4.78, 5) is 26.2. The van der Waals surface area contributed by atoms with Gasteiger partial charge >= 0.3 is 6.09 Å². The average molecular weight is 447 g/mol. The highest BCUT2D eigenvalue weighted by Crippen LogP contribution is 2.24. The molecule has 1 atom stereocenters. The van der Waals surface area contributed by atoms with E-state index in [0.717, 1.165) is 4.90 Å². The Bertz CT molecular complexity index is 683. The summed E-state index contributed by atoms with van der Waals surface area (Å²) >= 11 is 3.26. The number of amides is 2. The summed E-state index contributed by atoms with van der Waals surface area (Å²) in [5.41, 5.74) is -1.15. The van der Waals surface area contributed by atoms with Crippen molar-refractivity contribution in [2.45, 2.75) is 58.8 Å². The highest BCUT2D eigenvalue weighted by atomic mass is 79.9. The van der Waals surface area contributed by atoms with Gasteiger partial charge in [0, 0.05) is 11.5 Å². The maximum absolute atomic E-state index is 14.1. The average Bonchev–Trinajstić information content (AvgIpc) is 2.49. The van der Waals surface area contributed by atoms with Crippen molar-refractivity contribution in [3.05, 3.63) is 28.5 Å². The molecule has 0 radical (unpaired) electrons. The van der Waals surface area contributed by atoms with Gasteiger partial charge in [-0.05, 0) is 59.7 Å². The number of rotatable bonds is 5. The van der Waals surface area contributed by atoms with Gasteiger partial charge in [-0.1, -0.05) is 15.9 Å². The van der Waals surface area contributed by atoms with Crippen LogP contribution in [0.5, 0.6) is 0 Å². The maximum atomic E-state index is 14.1. The first-order chi connectivity index (χ1) is 12.2. The van der Waals surface area contributed by atoms with Gasteiger partial charge in [0.1, 0.15) is 17.5 Å². The molecule has 0 saturated carbocycles. The Balaban J connectivity index is 3.03. The number of carbonyl (C=O) groups excluding carboxylic acids is 2. The summed E-state index contributed by atoms with van der Waals surface area (Å²) in [7, 11) is 1.44. The molecule has 8 heteroatoms. The normalized spacial score (nSPS) is 13.1. The molecule has 0 aliphatic carbocycles. The van der Waals surface area contributed by atoms with Crippen LogP contribution in [0.3, 0.4) is 0 Å². The number of anilines is 1. The van der Waals surface area contributed by atoms with Crippen LogP contribution in [0.15, 0.2) is 22.7 Å².